The molecule has 356 valence electrons. The molecule has 68 heavy (non-hydrogen) atoms. The molecule has 5 aliphatic rings. The molecule has 3 fully saturated rings. The largest absolute Gasteiger partial charge is 0.390 e. The summed E-state index contributed by atoms with van der Waals surface area (Å²) in [5.41, 5.74) is 1.92. The first-order valence-corrected chi connectivity index (χ1v) is 27.3. The molecule has 5 aliphatic heterocycles. The number of halogens is 2. The number of rotatable bonds is 8. The number of ether oxygens (including phenoxy) is 2. The third-order valence-electron chi connectivity index (χ3n) is 11.6. The van der Waals surface area contributed by atoms with E-state index in [1.165, 1.54) is 70.8 Å². The molecule has 3 saturated heterocycles. The van der Waals surface area contributed by atoms with Crippen molar-refractivity contribution in [3.63, 3.8) is 0 Å². The van der Waals surface area contributed by atoms with Crippen molar-refractivity contribution in [2.75, 3.05) is 13.2 Å². The number of para-hydroxylation sites is 2. The quantitative estimate of drug-likeness (QED) is 0.0600. The smallest absolute Gasteiger partial charge is 0.346 e. The maximum absolute atomic E-state index is 17.4. The number of nitro benzene ring substituents is 2. The summed E-state index contributed by atoms with van der Waals surface area (Å²) < 4.78 is 105. The van der Waals surface area contributed by atoms with E-state index >= 15 is 17.9 Å². The van der Waals surface area contributed by atoms with E-state index in [1.807, 2.05) is 12.2 Å². The summed E-state index contributed by atoms with van der Waals surface area (Å²) in [6.45, 7) is -11.0. The lowest BCUT2D eigenvalue weighted by molar-refractivity contribution is -0.385. The Hall–Kier alpha value is -5.14. The molecule has 4 aromatic heterocycles. The number of nitro groups is 2. The summed E-state index contributed by atoms with van der Waals surface area (Å²) >= 11 is 1.03. The third-order valence-corrected chi connectivity index (χ3v) is 18.9. The molecule has 0 saturated carbocycles. The molecule has 22 nitrogen and oxygen atoms in total. The van der Waals surface area contributed by atoms with Gasteiger partial charge in [-0.25, -0.2) is 47.8 Å². The van der Waals surface area contributed by atoms with Crippen LogP contribution in [0, 0.1) is 20.2 Å². The number of fused-ring (bicyclic) bond motifs is 10. The Labute approximate surface area is 391 Å². The Bertz CT molecular complexity index is 2830. The average molecular weight is 1010 g/mol. The van der Waals surface area contributed by atoms with E-state index in [9.17, 15) is 20.2 Å². The molecule has 14 bridgehead atoms. The number of alkyl halides is 2. The Balaban J connectivity index is 1.09. The summed E-state index contributed by atoms with van der Waals surface area (Å²) in [6.07, 6.45) is -3.07. The van der Waals surface area contributed by atoms with Gasteiger partial charge in [-0.15, -0.1) is 0 Å². The Morgan fingerprint density at radius 2 is 1.07 bits per heavy atom. The fourth-order valence-corrected chi connectivity index (χ4v) is 15.1. The maximum Gasteiger partial charge on any atom is 0.390 e. The molecule has 1 unspecified atom stereocenters. The van der Waals surface area contributed by atoms with Gasteiger partial charge in [-0.3, -0.25) is 47.5 Å². The van der Waals surface area contributed by atoms with Gasteiger partial charge in [0.15, 0.2) is 36.1 Å². The molecule has 0 spiro atoms. The normalized spacial score (nSPS) is 30.3. The van der Waals surface area contributed by atoms with E-state index in [1.54, 1.807) is 12.1 Å². The van der Waals surface area contributed by atoms with E-state index in [-0.39, 0.29) is 45.3 Å². The average Bonchev–Trinajstić information content (AvgIpc) is 4.11. The molecular weight excluding hydrogens is 977 g/mol. The summed E-state index contributed by atoms with van der Waals surface area (Å²) in [5, 5.41) is 24.0. The molecule has 0 radical (unpaired) electrons. The van der Waals surface area contributed by atoms with Crippen molar-refractivity contribution < 1.29 is 55.3 Å². The van der Waals surface area contributed by atoms with Crippen LogP contribution in [0.2, 0.25) is 0 Å². The van der Waals surface area contributed by atoms with Gasteiger partial charge in [0.25, 0.3) is 11.4 Å². The van der Waals surface area contributed by atoms with Crippen LogP contribution < -0.4 is 0 Å². The van der Waals surface area contributed by atoms with Gasteiger partial charge in [-0.2, -0.15) is 0 Å². The van der Waals surface area contributed by atoms with E-state index < -0.39 is 85.9 Å². The SMILES string of the molecule is O=[N+]([O-])c1ccccc1CS[P@@]1(=O)OCC2O[C@@H]3[C@H](F)[C@@H]2O[P@](=O)(SCc2ccccc2[N+](=O)[O-])OC[C@H]2O[C@H]([C@H](F)[C@@H]2O1)n1cnc2c(ncnc21)CC/C=C/CCc1ncnc2c1ncn23. The van der Waals surface area contributed by atoms with Crippen LogP contribution in [0.25, 0.3) is 22.3 Å². The minimum absolute atomic E-state index is 0.135. The lowest BCUT2D eigenvalue weighted by atomic mass is 10.1. The van der Waals surface area contributed by atoms with Crippen molar-refractivity contribution in [1.82, 2.24) is 39.0 Å². The zero-order chi connectivity index (χ0) is 47.2. The van der Waals surface area contributed by atoms with Gasteiger partial charge in [-0.05, 0) is 48.4 Å². The number of allylic oxidation sites excluding steroid dienone is 2. The summed E-state index contributed by atoms with van der Waals surface area (Å²) in [4.78, 5) is 49.4. The van der Waals surface area contributed by atoms with Gasteiger partial charge < -0.3 is 9.47 Å². The maximum atomic E-state index is 17.4. The molecule has 6 aromatic rings. The Kier molecular flexibility index (Phi) is 13.2. The molecule has 0 N–H and O–H groups in total. The predicted molar refractivity (Wildman–Crippen MR) is 240 cm³/mol. The lowest BCUT2D eigenvalue weighted by Gasteiger charge is -2.30. The molecular formula is C40H38F2N10O12P2S2. The first-order chi connectivity index (χ1) is 32.9. The minimum atomic E-state index is -4.73. The van der Waals surface area contributed by atoms with Crippen molar-refractivity contribution in [2.24, 2.45) is 0 Å². The topological polar surface area (TPSA) is 263 Å². The van der Waals surface area contributed by atoms with Crippen LogP contribution in [0.15, 0.2) is 86.0 Å². The second-order valence-corrected chi connectivity index (χ2v) is 23.9. The number of aromatic nitrogens is 8. The molecule has 2 aromatic carbocycles. The minimum Gasteiger partial charge on any atom is -0.346 e. The van der Waals surface area contributed by atoms with Gasteiger partial charge in [-0.1, -0.05) is 48.6 Å². The lowest BCUT2D eigenvalue weighted by Crippen LogP contribution is -2.37. The first-order valence-electron chi connectivity index (χ1n) is 21.0. The molecule has 9 heterocycles. The van der Waals surface area contributed by atoms with E-state index in [4.69, 9.17) is 27.6 Å². The fourth-order valence-electron chi connectivity index (χ4n) is 8.31. The van der Waals surface area contributed by atoms with Crippen LogP contribution in [0.4, 0.5) is 20.2 Å². The number of hydrogen-bond donors (Lipinski definition) is 0. The highest BCUT2D eigenvalue weighted by Crippen LogP contribution is 2.67. The first kappa shape index (κ1) is 46.6. The van der Waals surface area contributed by atoms with Gasteiger partial charge in [0, 0.05) is 34.8 Å². The zero-order valence-electron chi connectivity index (χ0n) is 35.2. The monoisotopic (exact) mass is 1010 g/mol. The molecule has 10 atom stereocenters. The second kappa shape index (κ2) is 19.3. The van der Waals surface area contributed by atoms with Crippen molar-refractivity contribution in [1.29, 1.82) is 0 Å². The van der Waals surface area contributed by atoms with Crippen LogP contribution in [0.1, 0.15) is 47.8 Å². The molecule has 0 amide bonds. The van der Waals surface area contributed by atoms with Crippen molar-refractivity contribution >= 4 is 70.1 Å². The predicted octanol–water partition coefficient (Wildman–Crippen LogP) is 8.29. The van der Waals surface area contributed by atoms with Crippen molar-refractivity contribution in [3.05, 3.63) is 129 Å². The van der Waals surface area contributed by atoms with E-state index in [0.29, 0.717) is 70.9 Å². The van der Waals surface area contributed by atoms with Gasteiger partial charge in [0.2, 0.25) is 0 Å². The highest BCUT2D eigenvalue weighted by molar-refractivity contribution is 8.55. The number of benzene rings is 2. The van der Waals surface area contributed by atoms with Crippen molar-refractivity contribution in [2.45, 2.75) is 86.4 Å². The number of nitrogens with zero attached hydrogens (tertiary/aromatic N) is 10. The molecule has 11 rings (SSSR count). The van der Waals surface area contributed by atoms with Gasteiger partial charge in [0.1, 0.15) is 48.1 Å². The van der Waals surface area contributed by atoms with Crippen LogP contribution in [0.3, 0.4) is 0 Å². The number of imidazole rings is 2. The van der Waals surface area contributed by atoms with Crippen LogP contribution in [0.5, 0.6) is 0 Å². The van der Waals surface area contributed by atoms with Crippen LogP contribution in [-0.4, -0.2) is 98.9 Å². The summed E-state index contributed by atoms with van der Waals surface area (Å²) in [7, 11) is 0. The Morgan fingerprint density at radius 3 is 1.50 bits per heavy atom. The summed E-state index contributed by atoms with van der Waals surface area (Å²) in [5.74, 6) is -0.657. The van der Waals surface area contributed by atoms with Crippen molar-refractivity contribution in [3.8, 4) is 0 Å². The summed E-state index contributed by atoms with van der Waals surface area (Å²) in [6, 6.07) is 11.4. The van der Waals surface area contributed by atoms with Gasteiger partial charge in [0.05, 0.1) is 47.1 Å². The van der Waals surface area contributed by atoms with E-state index in [0.717, 1.165) is 0 Å². The highest BCUT2D eigenvalue weighted by Gasteiger charge is 2.55. The standard InChI is InChI=1S/C40H38F2N10O12P2S2/c41-31-35-29-15-59-66(58,68-18-24-10-6-8-14-28(24)52(55)56)64-36-30(16-60-65(57,63-35)67-17-23-9-5-7-13-27(23)51(53)54)62-40(32(36)42)50-22-48-34-26(44-20-46-38(34)50)12-4-2-1-3-11-25-33-37(45-19-43-25)49(21-47-33)39(31)61-29/h1-2,5-10,13-14,19-22,29-32,35-36,39-40H,3-4,11-12,15-18H2/b2-1+/t29-,30?,31-,32-,35-,36-,39-,40-,65+,66-/m1/s1. The van der Waals surface area contributed by atoms with Crippen LogP contribution >= 0.6 is 36.4 Å². The van der Waals surface area contributed by atoms with Gasteiger partial charge >= 0.3 is 13.6 Å². The number of aryl methyl sites for hydroxylation is 2. The Morgan fingerprint density at radius 1 is 0.647 bits per heavy atom. The molecule has 28 heteroatoms. The zero-order valence-corrected chi connectivity index (χ0v) is 38.6. The number of hydrogen-bond acceptors (Lipinski definition) is 20. The second-order valence-electron chi connectivity index (χ2n) is 15.8. The highest BCUT2D eigenvalue weighted by atomic mass is 32.7. The third kappa shape index (κ3) is 9.21. The van der Waals surface area contributed by atoms with Crippen LogP contribution in [-0.2, 0) is 61.0 Å². The fraction of sp³-hybridized carbons (Fsp3) is 0.400. The molecule has 0 aliphatic carbocycles. The van der Waals surface area contributed by atoms with E-state index in [2.05, 4.69) is 29.9 Å².